The minimum atomic E-state index is -0.747. The summed E-state index contributed by atoms with van der Waals surface area (Å²) in [4.78, 5) is 4.38. The lowest BCUT2D eigenvalue weighted by molar-refractivity contribution is 0.259. The van der Waals surface area contributed by atoms with Crippen LogP contribution in [0.3, 0.4) is 0 Å². The molecule has 3 heterocycles. The van der Waals surface area contributed by atoms with Crippen LogP contribution < -0.4 is 20.7 Å². The second-order valence-electron chi connectivity index (χ2n) is 6.90. The van der Waals surface area contributed by atoms with Crippen LogP contribution >= 0.6 is 23.2 Å². The molecule has 2 aliphatic rings. The number of hydrogen-bond donors (Lipinski definition) is 4. The summed E-state index contributed by atoms with van der Waals surface area (Å²) in [6.07, 6.45) is 6.10. The summed E-state index contributed by atoms with van der Waals surface area (Å²) < 4.78 is 19.8. The molecule has 29 heavy (non-hydrogen) atoms. The van der Waals surface area contributed by atoms with Crippen LogP contribution in [0.4, 0.5) is 10.2 Å². The first-order valence-corrected chi connectivity index (χ1v) is 10.1. The van der Waals surface area contributed by atoms with Gasteiger partial charge in [-0.15, -0.1) is 0 Å². The number of benzene rings is 1. The average molecular weight is 436 g/mol. The molecule has 4 rings (SSSR count). The van der Waals surface area contributed by atoms with Gasteiger partial charge in [-0.3, -0.25) is 0 Å². The van der Waals surface area contributed by atoms with E-state index in [1.54, 1.807) is 12.3 Å². The number of piperidine rings is 1. The van der Waals surface area contributed by atoms with Crippen molar-refractivity contribution in [3.63, 3.8) is 0 Å². The fourth-order valence-corrected chi connectivity index (χ4v) is 3.97. The van der Waals surface area contributed by atoms with Crippen molar-refractivity contribution in [1.29, 1.82) is 5.41 Å². The van der Waals surface area contributed by atoms with Gasteiger partial charge in [0.15, 0.2) is 11.6 Å². The second-order valence-corrected chi connectivity index (χ2v) is 7.69. The van der Waals surface area contributed by atoms with Crippen LogP contribution in [0, 0.1) is 11.2 Å². The molecule has 0 amide bonds. The Labute approximate surface area is 178 Å². The largest absolute Gasteiger partial charge is 0.462 e. The summed E-state index contributed by atoms with van der Waals surface area (Å²) in [5.74, 6) is 0.420. The van der Waals surface area contributed by atoms with Gasteiger partial charge in [0.05, 0.1) is 15.6 Å². The molecular weight excluding hydrogens is 416 g/mol. The number of halogens is 3. The molecule has 0 bridgehead atoms. The van der Waals surface area contributed by atoms with E-state index in [2.05, 4.69) is 20.9 Å². The molecule has 0 unspecified atom stereocenters. The molecule has 6 nitrogen and oxygen atoms in total. The summed E-state index contributed by atoms with van der Waals surface area (Å²) in [6.45, 7) is 1.97. The highest BCUT2D eigenvalue weighted by Gasteiger charge is 2.30. The van der Waals surface area contributed by atoms with Gasteiger partial charge in [0, 0.05) is 35.8 Å². The summed E-state index contributed by atoms with van der Waals surface area (Å²) in [7, 11) is 0. The Morgan fingerprint density at radius 3 is 2.86 bits per heavy atom. The smallest absolute Gasteiger partial charge is 0.200 e. The van der Waals surface area contributed by atoms with Crippen LogP contribution in [0.5, 0.6) is 5.75 Å². The highest BCUT2D eigenvalue weighted by Crippen LogP contribution is 2.42. The van der Waals surface area contributed by atoms with Crippen LogP contribution in [0.15, 0.2) is 30.6 Å². The van der Waals surface area contributed by atoms with Crippen LogP contribution in [-0.4, -0.2) is 30.3 Å². The van der Waals surface area contributed by atoms with E-state index in [1.165, 1.54) is 18.3 Å². The Kier molecular flexibility index (Phi) is 5.89. The molecule has 1 fully saturated rings. The number of aromatic nitrogens is 1. The van der Waals surface area contributed by atoms with Gasteiger partial charge in [0.2, 0.25) is 6.23 Å². The SMILES string of the molecule is N=C/C(=C\NC1CCNCC1)c1cnc2c(c1)O[C@@H](c1c(Cl)ccc(F)c1Cl)N2. The van der Waals surface area contributed by atoms with Crippen LogP contribution in [0.2, 0.25) is 10.0 Å². The van der Waals surface area contributed by atoms with Gasteiger partial charge in [0.1, 0.15) is 5.82 Å². The number of allylic oxidation sites excluding steroid dienone is 1. The highest BCUT2D eigenvalue weighted by molar-refractivity contribution is 6.36. The number of nitrogens with zero attached hydrogens (tertiary/aromatic N) is 1. The predicted molar refractivity (Wildman–Crippen MR) is 113 cm³/mol. The minimum absolute atomic E-state index is 0.0886. The van der Waals surface area contributed by atoms with Gasteiger partial charge in [-0.05, 0) is 44.1 Å². The fourth-order valence-electron chi connectivity index (χ4n) is 3.40. The van der Waals surface area contributed by atoms with Crippen molar-refractivity contribution in [2.24, 2.45) is 0 Å². The topological polar surface area (TPSA) is 82.1 Å². The fraction of sp³-hybridized carbons (Fsp3) is 0.300. The first-order valence-electron chi connectivity index (χ1n) is 9.31. The number of hydrogen-bond acceptors (Lipinski definition) is 6. The van der Waals surface area contributed by atoms with Gasteiger partial charge >= 0.3 is 0 Å². The van der Waals surface area contributed by atoms with Crippen molar-refractivity contribution in [2.75, 3.05) is 18.4 Å². The van der Waals surface area contributed by atoms with E-state index in [4.69, 9.17) is 33.3 Å². The molecule has 4 N–H and O–H groups in total. The van der Waals surface area contributed by atoms with E-state index in [9.17, 15) is 4.39 Å². The normalized spacial score (nSPS) is 19.3. The van der Waals surface area contributed by atoms with E-state index < -0.39 is 12.0 Å². The Balaban J connectivity index is 1.54. The monoisotopic (exact) mass is 435 g/mol. The van der Waals surface area contributed by atoms with E-state index in [0.29, 0.717) is 33.8 Å². The number of fused-ring (bicyclic) bond motifs is 1. The Bertz CT molecular complexity index is 962. The van der Waals surface area contributed by atoms with Gasteiger partial charge in [-0.2, -0.15) is 0 Å². The summed E-state index contributed by atoms with van der Waals surface area (Å²) in [5, 5.41) is 17.7. The van der Waals surface area contributed by atoms with Crippen molar-refractivity contribution in [3.8, 4) is 5.75 Å². The lowest BCUT2D eigenvalue weighted by Crippen LogP contribution is -2.37. The van der Waals surface area contributed by atoms with Gasteiger partial charge < -0.3 is 26.1 Å². The first kappa shape index (κ1) is 19.9. The Morgan fingerprint density at radius 1 is 1.31 bits per heavy atom. The molecular formula is C20H20Cl2FN5O. The molecule has 0 radical (unpaired) electrons. The maximum Gasteiger partial charge on any atom is 0.200 e. The molecule has 0 saturated carbocycles. The summed E-state index contributed by atoms with van der Waals surface area (Å²) >= 11 is 12.3. The van der Waals surface area contributed by atoms with E-state index in [1.807, 2.05) is 6.20 Å². The molecule has 2 aliphatic heterocycles. The molecule has 1 saturated heterocycles. The maximum absolute atomic E-state index is 13.9. The third kappa shape index (κ3) is 4.17. The summed E-state index contributed by atoms with van der Waals surface area (Å²) in [6, 6.07) is 4.82. The number of rotatable bonds is 5. The number of ether oxygens (including phenoxy) is 1. The second kappa shape index (κ2) is 8.57. The number of nitrogens with one attached hydrogen (secondary N) is 4. The Hall–Kier alpha value is -2.35. The van der Waals surface area contributed by atoms with Crippen LogP contribution in [0.25, 0.3) is 5.57 Å². The molecule has 2 aromatic rings. The number of pyridine rings is 1. The van der Waals surface area contributed by atoms with E-state index in [0.717, 1.165) is 31.5 Å². The van der Waals surface area contributed by atoms with Crippen molar-refractivity contribution >= 4 is 40.8 Å². The quantitative estimate of drug-likeness (QED) is 0.414. The molecule has 1 aromatic carbocycles. The molecule has 0 aliphatic carbocycles. The standard InChI is InChI=1S/C20H20Cl2FN5O/c21-14-1-2-15(23)18(22)17(14)20-28-19-16(29-20)7-11(9-27-19)12(8-24)10-26-13-3-5-25-6-4-13/h1-2,7-10,13,20,24-26H,3-6H2,(H,27,28)/b12-10+,24-8?/t20-/m0/s1. The zero-order valence-corrected chi connectivity index (χ0v) is 16.9. The van der Waals surface area contributed by atoms with Crippen molar-refractivity contribution in [2.45, 2.75) is 25.1 Å². The molecule has 1 aromatic heterocycles. The van der Waals surface area contributed by atoms with Crippen LogP contribution in [0.1, 0.15) is 30.2 Å². The lowest BCUT2D eigenvalue weighted by atomic mass is 10.1. The van der Waals surface area contributed by atoms with Crippen molar-refractivity contribution in [3.05, 3.63) is 57.6 Å². The minimum Gasteiger partial charge on any atom is -0.462 e. The van der Waals surface area contributed by atoms with Gasteiger partial charge in [-0.1, -0.05) is 23.2 Å². The highest BCUT2D eigenvalue weighted by atomic mass is 35.5. The zero-order valence-electron chi connectivity index (χ0n) is 15.4. The van der Waals surface area contributed by atoms with E-state index >= 15 is 0 Å². The van der Waals surface area contributed by atoms with Crippen molar-refractivity contribution in [1.82, 2.24) is 15.6 Å². The van der Waals surface area contributed by atoms with Crippen molar-refractivity contribution < 1.29 is 9.13 Å². The molecule has 0 spiro atoms. The maximum atomic E-state index is 13.9. The molecule has 1 atom stereocenters. The first-order chi connectivity index (χ1) is 14.1. The lowest BCUT2D eigenvalue weighted by Gasteiger charge is -2.23. The predicted octanol–water partition coefficient (Wildman–Crippen LogP) is 4.36. The average Bonchev–Trinajstić information content (AvgIpc) is 3.15. The van der Waals surface area contributed by atoms with Crippen LogP contribution in [-0.2, 0) is 0 Å². The molecule has 9 heteroatoms. The zero-order chi connectivity index (χ0) is 20.4. The molecule has 152 valence electrons. The van der Waals surface area contributed by atoms with E-state index in [-0.39, 0.29) is 5.02 Å². The van der Waals surface area contributed by atoms with Gasteiger partial charge in [0.25, 0.3) is 0 Å². The summed E-state index contributed by atoms with van der Waals surface area (Å²) in [5.41, 5.74) is 1.75. The number of anilines is 1. The third-order valence-corrected chi connectivity index (χ3v) is 5.72. The third-order valence-electron chi connectivity index (χ3n) is 5.01. The van der Waals surface area contributed by atoms with Gasteiger partial charge in [-0.25, -0.2) is 9.37 Å². The Morgan fingerprint density at radius 2 is 2.10 bits per heavy atom.